The lowest BCUT2D eigenvalue weighted by molar-refractivity contribution is -0.148. The quantitative estimate of drug-likeness (QED) is 0.0380. The first kappa shape index (κ1) is 37.7. The van der Waals surface area contributed by atoms with Gasteiger partial charge in [-0.15, -0.1) is 0 Å². The Morgan fingerprint density at radius 1 is 0.556 bits per heavy atom. The van der Waals surface area contributed by atoms with E-state index >= 15 is 0 Å². The van der Waals surface area contributed by atoms with Crippen LogP contribution in [-0.4, -0.2) is 19.5 Å². The summed E-state index contributed by atoms with van der Waals surface area (Å²) in [5.74, 6) is -1.84. The zero-order valence-electron chi connectivity index (χ0n) is 28.2. The molecule has 0 atom stereocenters. The molecule has 4 heteroatoms. The fraction of sp³-hybridized carbons (Fsp3) is 0.512. The number of allylic oxidation sites excluding steroid dienone is 2. The van der Waals surface area contributed by atoms with Gasteiger partial charge in [0.2, 0.25) is 0 Å². The molecule has 45 heavy (non-hydrogen) atoms. The standard InChI is InChI=1S/C41H59BrO2P/c1-3-5-7-23-35-43-41(44-36-24-8-6-4-2)30-22-14-12-10-9-11-13-17-25-37-31-33-40(34-32-37)45(42,38-26-18-15-19-27-38)39-28-20-16-21-29-39/h9,11,15-16,18-21,26-29,31-34,41H,3-8,10,12-14,17,22-25,30,35-36H2,1-2H3/q+1/b11-9-. The number of hydrogen-bond acceptors (Lipinski definition) is 2. The summed E-state index contributed by atoms with van der Waals surface area (Å²) < 4.78 is 12.3. The van der Waals surface area contributed by atoms with E-state index in [0.29, 0.717) is 0 Å². The number of unbranched alkanes of at least 4 members (excludes halogenated alkanes) is 10. The summed E-state index contributed by atoms with van der Waals surface area (Å²) in [4.78, 5) is 0. The third kappa shape index (κ3) is 14.3. The first-order valence-electron chi connectivity index (χ1n) is 17.9. The Hall–Kier alpha value is -1.77. The van der Waals surface area contributed by atoms with Crippen molar-refractivity contribution < 1.29 is 9.47 Å². The number of ether oxygens (including phenoxy) is 2. The first-order valence-corrected chi connectivity index (χ1v) is 21.7. The van der Waals surface area contributed by atoms with Gasteiger partial charge in [-0.3, -0.25) is 0 Å². The molecule has 0 saturated heterocycles. The third-order valence-electron chi connectivity index (χ3n) is 8.43. The molecule has 3 rings (SSSR count). The van der Waals surface area contributed by atoms with E-state index in [9.17, 15) is 0 Å². The monoisotopic (exact) mass is 693 g/mol. The van der Waals surface area contributed by atoms with Crippen LogP contribution in [0.25, 0.3) is 0 Å². The summed E-state index contributed by atoms with van der Waals surface area (Å²) in [7, 11) is 0. The van der Waals surface area contributed by atoms with Gasteiger partial charge >= 0.3 is 0 Å². The van der Waals surface area contributed by atoms with Crippen LogP contribution in [0.3, 0.4) is 0 Å². The summed E-state index contributed by atoms with van der Waals surface area (Å²) in [6, 6.07) is 31.1. The van der Waals surface area contributed by atoms with Gasteiger partial charge in [0.25, 0.3) is 0 Å². The smallest absolute Gasteiger partial charge is 0.181 e. The summed E-state index contributed by atoms with van der Waals surface area (Å²) >= 11 is 4.27. The van der Waals surface area contributed by atoms with Crippen molar-refractivity contribution in [3.05, 3.63) is 103 Å². The molecule has 0 unspecified atom stereocenters. The lowest BCUT2D eigenvalue weighted by Crippen LogP contribution is -2.26. The van der Waals surface area contributed by atoms with E-state index in [1.165, 1.54) is 92.1 Å². The van der Waals surface area contributed by atoms with E-state index in [4.69, 9.17) is 9.47 Å². The average Bonchev–Trinajstić information content (AvgIpc) is 3.09. The molecule has 0 aliphatic heterocycles. The maximum atomic E-state index is 6.13. The lowest BCUT2D eigenvalue weighted by Gasteiger charge is -2.20. The maximum Gasteiger partial charge on any atom is 0.181 e. The molecule has 2 nitrogen and oxygen atoms in total. The van der Waals surface area contributed by atoms with E-state index in [-0.39, 0.29) is 6.29 Å². The Morgan fingerprint density at radius 3 is 1.58 bits per heavy atom. The van der Waals surface area contributed by atoms with E-state index < -0.39 is 5.96 Å². The molecular weight excluding hydrogens is 635 g/mol. The van der Waals surface area contributed by atoms with Gasteiger partial charge in [0.05, 0.1) is 0 Å². The van der Waals surface area contributed by atoms with Crippen molar-refractivity contribution in [2.24, 2.45) is 0 Å². The van der Waals surface area contributed by atoms with Gasteiger partial charge in [-0.2, -0.15) is 0 Å². The van der Waals surface area contributed by atoms with Crippen molar-refractivity contribution in [2.75, 3.05) is 13.2 Å². The number of hydrogen-bond donors (Lipinski definition) is 0. The Balaban J connectivity index is 1.34. The van der Waals surface area contributed by atoms with Crippen LogP contribution >= 0.6 is 21.5 Å². The van der Waals surface area contributed by atoms with E-state index in [1.54, 1.807) is 0 Å². The van der Waals surface area contributed by atoms with Gasteiger partial charge in [-0.05, 0) is 99.7 Å². The van der Waals surface area contributed by atoms with Gasteiger partial charge in [-0.25, -0.2) is 0 Å². The van der Waals surface area contributed by atoms with Crippen molar-refractivity contribution in [1.29, 1.82) is 0 Å². The zero-order valence-corrected chi connectivity index (χ0v) is 30.7. The Morgan fingerprint density at radius 2 is 1.04 bits per heavy atom. The molecule has 0 aromatic heterocycles. The topological polar surface area (TPSA) is 18.5 Å². The molecule has 246 valence electrons. The Bertz CT molecular complexity index is 1100. The van der Waals surface area contributed by atoms with Gasteiger partial charge in [0.15, 0.2) is 27.7 Å². The molecule has 0 spiro atoms. The van der Waals surface area contributed by atoms with Gasteiger partial charge in [0.1, 0.15) is 15.9 Å². The molecule has 0 radical (unpaired) electrons. The van der Waals surface area contributed by atoms with Crippen LogP contribution < -0.4 is 15.9 Å². The van der Waals surface area contributed by atoms with Crippen LogP contribution in [0.15, 0.2) is 97.1 Å². The largest absolute Gasteiger partial charge is 0.353 e. The Labute approximate surface area is 284 Å². The summed E-state index contributed by atoms with van der Waals surface area (Å²) in [5, 5.41) is 4.07. The minimum Gasteiger partial charge on any atom is -0.353 e. The third-order valence-corrected chi connectivity index (χ3v) is 15.1. The minimum atomic E-state index is -1.84. The molecule has 0 fully saturated rings. The normalized spacial score (nSPS) is 12.0. The van der Waals surface area contributed by atoms with Crippen molar-refractivity contribution >= 4 is 37.4 Å². The van der Waals surface area contributed by atoms with E-state index in [1.807, 2.05) is 0 Å². The molecule has 0 N–H and O–H groups in total. The maximum absolute atomic E-state index is 6.13. The number of rotatable bonds is 25. The predicted octanol–water partition coefficient (Wildman–Crippen LogP) is 11.6. The van der Waals surface area contributed by atoms with Gasteiger partial charge < -0.3 is 9.47 Å². The van der Waals surface area contributed by atoms with Crippen LogP contribution in [0.4, 0.5) is 0 Å². The van der Waals surface area contributed by atoms with Crippen molar-refractivity contribution in [2.45, 2.75) is 123 Å². The lowest BCUT2D eigenvalue weighted by atomic mass is 10.1. The SMILES string of the molecule is CCCCCCOC(CCCCC/C=C\CCCc1ccc([P+](Br)(c2ccccc2)c2ccccc2)cc1)OCCCCCC. The van der Waals surface area contributed by atoms with Gasteiger partial charge in [0, 0.05) is 13.2 Å². The van der Waals surface area contributed by atoms with Crippen LogP contribution in [0, 0.1) is 0 Å². The van der Waals surface area contributed by atoms with Crippen molar-refractivity contribution in [1.82, 2.24) is 0 Å². The zero-order chi connectivity index (χ0) is 31.8. The van der Waals surface area contributed by atoms with Crippen molar-refractivity contribution in [3.8, 4) is 0 Å². The van der Waals surface area contributed by atoms with Crippen molar-refractivity contribution in [3.63, 3.8) is 0 Å². The number of aryl methyl sites for hydroxylation is 1. The summed E-state index contributed by atoms with van der Waals surface area (Å²) in [5.41, 5.74) is 1.42. The van der Waals surface area contributed by atoms with Crippen LogP contribution in [-0.2, 0) is 15.9 Å². The van der Waals surface area contributed by atoms with E-state index in [0.717, 1.165) is 45.3 Å². The van der Waals surface area contributed by atoms with Crippen LogP contribution in [0.2, 0.25) is 0 Å². The summed E-state index contributed by atoms with van der Waals surface area (Å²) in [6.07, 6.45) is 24.1. The van der Waals surface area contributed by atoms with E-state index in [2.05, 4.69) is 126 Å². The molecular formula is C41H59BrO2P+. The molecule has 0 heterocycles. The van der Waals surface area contributed by atoms with Gasteiger partial charge in [-0.1, -0.05) is 119 Å². The average molecular weight is 695 g/mol. The highest BCUT2D eigenvalue weighted by atomic mass is 79.9. The fourth-order valence-electron chi connectivity index (χ4n) is 5.69. The van der Waals surface area contributed by atoms with Crippen LogP contribution in [0.1, 0.15) is 116 Å². The molecule has 0 aliphatic rings. The highest BCUT2D eigenvalue weighted by Crippen LogP contribution is 2.62. The first-order chi connectivity index (χ1) is 22.2. The molecule has 0 saturated carbocycles. The molecule has 3 aromatic rings. The predicted molar refractivity (Wildman–Crippen MR) is 203 cm³/mol. The highest BCUT2D eigenvalue weighted by molar-refractivity contribution is 9.44. The number of halogens is 1. The summed E-state index contributed by atoms with van der Waals surface area (Å²) in [6.45, 7) is 6.19. The molecule has 3 aromatic carbocycles. The highest BCUT2D eigenvalue weighted by Gasteiger charge is 2.43. The number of benzene rings is 3. The van der Waals surface area contributed by atoms with Crippen LogP contribution in [0.5, 0.6) is 0 Å². The molecule has 0 aliphatic carbocycles. The Kier molecular flexibility index (Phi) is 19.7. The second kappa shape index (κ2) is 23.5. The fourth-order valence-corrected chi connectivity index (χ4v) is 10.4. The molecule has 0 amide bonds. The second-order valence-electron chi connectivity index (χ2n) is 12.2. The molecule has 0 bridgehead atoms. The minimum absolute atomic E-state index is 0.0117. The second-order valence-corrected chi connectivity index (χ2v) is 18.1.